The van der Waals surface area contributed by atoms with E-state index in [0.29, 0.717) is 5.56 Å². The van der Waals surface area contributed by atoms with E-state index in [1.807, 2.05) is 0 Å². The molecule has 2 atom stereocenters. The van der Waals surface area contributed by atoms with Crippen molar-refractivity contribution in [1.29, 1.82) is 0 Å². The Morgan fingerprint density at radius 3 is 2.27 bits per heavy atom. The molecule has 0 aliphatic heterocycles. The van der Waals surface area contributed by atoms with Gasteiger partial charge in [0.1, 0.15) is 11.3 Å². The third kappa shape index (κ3) is 5.35. The molecule has 2 aromatic carbocycles. The number of carbonyl (C=O) groups is 2. The summed E-state index contributed by atoms with van der Waals surface area (Å²) in [5.41, 5.74) is -0.873. The highest BCUT2D eigenvalue weighted by atomic mass is 19.4. The molecule has 0 saturated heterocycles. The molecule has 0 saturated carbocycles. The number of hydrogen-bond acceptors (Lipinski definition) is 8. The fourth-order valence-electron chi connectivity index (χ4n) is 3.38. The van der Waals surface area contributed by atoms with Crippen LogP contribution in [0.5, 0.6) is 0 Å². The van der Waals surface area contributed by atoms with Gasteiger partial charge in [-0.2, -0.15) is 18.2 Å². The molecular formula is C24H19F3N5O5-. The molecule has 0 aliphatic rings. The molecule has 4 rings (SSSR count). The van der Waals surface area contributed by atoms with E-state index in [2.05, 4.69) is 32.9 Å². The number of aliphatic hydroxyl groups is 1. The molecule has 0 fully saturated rings. The van der Waals surface area contributed by atoms with Gasteiger partial charge >= 0.3 is 6.18 Å². The lowest BCUT2D eigenvalue weighted by Crippen LogP contribution is -2.45. The van der Waals surface area contributed by atoms with Crippen molar-refractivity contribution in [3.63, 3.8) is 0 Å². The number of alkyl halides is 3. The Labute approximate surface area is 207 Å². The molecule has 2 aromatic heterocycles. The Hall–Kier alpha value is -4.52. The molecule has 37 heavy (non-hydrogen) atoms. The van der Waals surface area contributed by atoms with Crippen molar-refractivity contribution in [2.45, 2.75) is 18.3 Å². The molecule has 0 radical (unpaired) electrons. The van der Waals surface area contributed by atoms with Gasteiger partial charge in [-0.25, -0.2) is 0 Å². The summed E-state index contributed by atoms with van der Waals surface area (Å²) in [7, 11) is 1.37. The average molecular weight is 514 g/mol. The molecule has 4 aromatic rings. The van der Waals surface area contributed by atoms with Crippen LogP contribution in [0.4, 0.5) is 13.2 Å². The van der Waals surface area contributed by atoms with E-state index in [4.69, 9.17) is 9.05 Å². The fraction of sp³-hybridized carbons (Fsp3) is 0.167. The second kappa shape index (κ2) is 10.2. The van der Waals surface area contributed by atoms with Crippen molar-refractivity contribution in [1.82, 2.24) is 25.9 Å². The first kappa shape index (κ1) is 25.6. The van der Waals surface area contributed by atoms with E-state index in [9.17, 15) is 27.9 Å². The van der Waals surface area contributed by atoms with E-state index in [-0.39, 0.29) is 17.0 Å². The minimum atomic E-state index is -4.82. The summed E-state index contributed by atoms with van der Waals surface area (Å²) < 4.78 is 51.7. The number of aliphatic hydroxyl groups excluding tert-OH is 1. The Morgan fingerprint density at radius 1 is 0.973 bits per heavy atom. The van der Waals surface area contributed by atoms with Crippen LogP contribution in [0.2, 0.25) is 0 Å². The number of likely N-dealkylation sites (N-methyl/N-ethyl adjacent to an activating group) is 1. The number of nitrogens with one attached hydrogen (secondary N) is 2. The molecule has 13 heteroatoms. The zero-order valence-electron chi connectivity index (χ0n) is 19.1. The molecule has 10 nitrogen and oxygen atoms in total. The Balaban J connectivity index is 1.57. The van der Waals surface area contributed by atoms with Crippen molar-refractivity contribution in [3.05, 3.63) is 72.6 Å². The van der Waals surface area contributed by atoms with Gasteiger partial charge in [0.25, 0.3) is 11.8 Å². The van der Waals surface area contributed by atoms with Crippen molar-refractivity contribution >= 4 is 11.8 Å². The van der Waals surface area contributed by atoms with Crippen molar-refractivity contribution in [2.24, 2.45) is 0 Å². The normalized spacial score (nSPS) is 13.1. The van der Waals surface area contributed by atoms with Crippen LogP contribution in [0, 0.1) is 6.92 Å². The number of hydrogen-bond donors (Lipinski definition) is 3. The standard InChI is InChI=1S/C24H19F3N5O5/c1-12(21(34)28-2)29-22(35)18(33)14-8-10-15(11-9-14)20-30-23(37-32-20)19-16(24(25,26)27)17(31-36-19)13-6-4-3-5-7-13/h3-12,18,33H,1H2,2H3,(H,28,34)(H,29,35)/q-1. The molecule has 2 heterocycles. The predicted molar refractivity (Wildman–Crippen MR) is 122 cm³/mol. The SMILES string of the molecule is [CH2-]C(NC(=O)C(O)c1ccc(-c2noc(-c3onc(-c4ccccc4)c3C(F)(F)F)n2)cc1)C(=O)NC. The number of aromatic nitrogens is 3. The molecule has 2 unspecified atom stereocenters. The number of amides is 2. The lowest BCUT2D eigenvalue weighted by Gasteiger charge is -2.20. The second-order valence-corrected chi connectivity index (χ2v) is 7.72. The molecule has 192 valence electrons. The number of benzene rings is 2. The van der Waals surface area contributed by atoms with Gasteiger partial charge < -0.3 is 31.7 Å². The topological polar surface area (TPSA) is 143 Å². The van der Waals surface area contributed by atoms with Gasteiger partial charge in [0.05, 0.1) is 0 Å². The maximum atomic E-state index is 13.9. The van der Waals surface area contributed by atoms with Crippen LogP contribution in [0.25, 0.3) is 34.3 Å². The van der Waals surface area contributed by atoms with Crippen LogP contribution in [-0.4, -0.2) is 45.3 Å². The monoisotopic (exact) mass is 514 g/mol. The van der Waals surface area contributed by atoms with Gasteiger partial charge in [0.15, 0.2) is 6.10 Å². The molecule has 3 N–H and O–H groups in total. The van der Waals surface area contributed by atoms with Crippen LogP contribution < -0.4 is 10.6 Å². The number of halogens is 3. The Morgan fingerprint density at radius 2 is 1.65 bits per heavy atom. The van der Waals surface area contributed by atoms with E-state index in [0.717, 1.165) is 0 Å². The van der Waals surface area contributed by atoms with Gasteiger partial charge in [-0.3, -0.25) is 9.59 Å². The third-order valence-electron chi connectivity index (χ3n) is 5.26. The molecule has 0 aliphatic carbocycles. The van der Waals surface area contributed by atoms with Gasteiger partial charge in [-0.15, -0.1) is 0 Å². The summed E-state index contributed by atoms with van der Waals surface area (Å²) in [6.45, 7) is 3.48. The molecular weight excluding hydrogens is 495 g/mol. The highest BCUT2D eigenvalue weighted by Gasteiger charge is 2.43. The first-order valence-corrected chi connectivity index (χ1v) is 10.7. The van der Waals surface area contributed by atoms with Gasteiger partial charge in [0.2, 0.25) is 17.5 Å². The zero-order valence-corrected chi connectivity index (χ0v) is 19.1. The maximum Gasteiger partial charge on any atom is 0.422 e. The zero-order chi connectivity index (χ0) is 26.7. The lowest BCUT2D eigenvalue weighted by molar-refractivity contribution is -0.137. The van der Waals surface area contributed by atoms with Gasteiger partial charge in [0, 0.05) is 18.2 Å². The smallest absolute Gasteiger partial charge is 0.378 e. The first-order chi connectivity index (χ1) is 17.6. The third-order valence-corrected chi connectivity index (χ3v) is 5.26. The van der Waals surface area contributed by atoms with E-state index in [1.165, 1.54) is 43.4 Å². The fourth-order valence-corrected chi connectivity index (χ4v) is 3.38. The summed E-state index contributed by atoms with van der Waals surface area (Å²) in [5, 5.41) is 22.1. The van der Waals surface area contributed by atoms with Gasteiger partial charge in [-0.1, -0.05) is 64.9 Å². The first-order valence-electron chi connectivity index (χ1n) is 10.7. The van der Waals surface area contributed by atoms with E-state index >= 15 is 0 Å². The quantitative estimate of drug-likeness (QED) is 0.319. The maximum absolute atomic E-state index is 13.9. The summed E-state index contributed by atoms with van der Waals surface area (Å²) in [6.07, 6.45) is -6.43. The Bertz CT molecular complexity index is 1400. The largest absolute Gasteiger partial charge is 0.422 e. The second-order valence-electron chi connectivity index (χ2n) is 7.72. The average Bonchev–Trinajstić information content (AvgIpc) is 3.56. The predicted octanol–water partition coefficient (Wildman–Crippen LogP) is 3.18. The summed E-state index contributed by atoms with van der Waals surface area (Å²) in [5.74, 6) is -2.72. The Kier molecular flexibility index (Phi) is 7.07. The van der Waals surface area contributed by atoms with Crippen molar-refractivity contribution in [2.75, 3.05) is 7.05 Å². The van der Waals surface area contributed by atoms with E-state index < -0.39 is 53.0 Å². The van der Waals surface area contributed by atoms with Crippen LogP contribution in [0.1, 0.15) is 17.2 Å². The molecule has 0 bridgehead atoms. The minimum Gasteiger partial charge on any atom is -0.378 e. The van der Waals surface area contributed by atoms with Crippen molar-refractivity contribution < 1.29 is 36.9 Å². The molecule has 2 amide bonds. The summed E-state index contributed by atoms with van der Waals surface area (Å²) in [6, 6.07) is 12.2. The van der Waals surface area contributed by atoms with Crippen LogP contribution in [0.3, 0.4) is 0 Å². The minimum absolute atomic E-state index is 0.0660. The summed E-state index contributed by atoms with van der Waals surface area (Å²) >= 11 is 0. The van der Waals surface area contributed by atoms with Gasteiger partial charge in [-0.05, 0) is 11.6 Å². The highest BCUT2D eigenvalue weighted by molar-refractivity contribution is 5.90. The van der Waals surface area contributed by atoms with E-state index in [1.54, 1.807) is 18.2 Å². The van der Waals surface area contributed by atoms with Crippen LogP contribution >= 0.6 is 0 Å². The highest BCUT2D eigenvalue weighted by Crippen LogP contribution is 2.43. The number of nitrogens with zero attached hydrogens (tertiary/aromatic N) is 3. The number of carbonyl (C=O) groups excluding carboxylic acids is 2. The summed E-state index contributed by atoms with van der Waals surface area (Å²) in [4.78, 5) is 27.7. The lowest BCUT2D eigenvalue weighted by atomic mass is 10.1. The van der Waals surface area contributed by atoms with Crippen molar-refractivity contribution in [3.8, 4) is 34.3 Å². The number of rotatable bonds is 7. The molecule has 0 spiro atoms. The van der Waals surface area contributed by atoms with Crippen LogP contribution in [0.15, 0.2) is 63.6 Å². The van der Waals surface area contributed by atoms with Crippen LogP contribution in [-0.2, 0) is 15.8 Å².